The van der Waals surface area contributed by atoms with E-state index in [1.165, 1.54) is 0 Å². The number of hydrogen-bond donors (Lipinski definition) is 1. The summed E-state index contributed by atoms with van der Waals surface area (Å²) in [7, 11) is 0. The van der Waals surface area contributed by atoms with Crippen LogP contribution in [0.5, 0.6) is 0 Å². The molecule has 0 unspecified atom stereocenters. The van der Waals surface area contributed by atoms with Crippen LogP contribution in [0.2, 0.25) is 0 Å². The van der Waals surface area contributed by atoms with E-state index < -0.39 is 0 Å². The van der Waals surface area contributed by atoms with Gasteiger partial charge in [0.05, 0.1) is 24.9 Å². The largest absolute Gasteiger partial charge is 0.367 e. The molecule has 1 amide bonds. The summed E-state index contributed by atoms with van der Waals surface area (Å²) < 4.78 is 7.46. The molecule has 1 saturated heterocycles. The summed E-state index contributed by atoms with van der Waals surface area (Å²) in [6, 6.07) is 0. The second-order valence-corrected chi connectivity index (χ2v) is 5.15. The number of aromatic amines is 1. The summed E-state index contributed by atoms with van der Waals surface area (Å²) in [4.78, 5) is 21.7. The van der Waals surface area contributed by atoms with Crippen molar-refractivity contribution in [2.75, 3.05) is 19.7 Å². The molecule has 3 rings (SSSR count). The minimum Gasteiger partial charge on any atom is -0.367 e. The first kappa shape index (κ1) is 13.8. The lowest BCUT2D eigenvalue weighted by molar-refractivity contribution is -0.0264. The van der Waals surface area contributed by atoms with E-state index in [0.717, 1.165) is 18.1 Å². The zero-order chi connectivity index (χ0) is 14.8. The van der Waals surface area contributed by atoms with Crippen molar-refractivity contribution < 1.29 is 9.53 Å². The number of morpholine rings is 1. The van der Waals surface area contributed by atoms with Crippen molar-refractivity contribution in [1.82, 2.24) is 24.6 Å². The van der Waals surface area contributed by atoms with Crippen LogP contribution in [-0.2, 0) is 11.3 Å². The normalized spacial score (nSPS) is 19.0. The molecule has 7 heteroatoms. The van der Waals surface area contributed by atoms with Crippen LogP contribution < -0.4 is 0 Å². The number of hydrogen-bond acceptors (Lipinski definition) is 4. The quantitative estimate of drug-likeness (QED) is 0.919. The molecular weight excluding hydrogens is 270 g/mol. The Morgan fingerprint density at radius 1 is 1.52 bits per heavy atom. The minimum absolute atomic E-state index is 0.00808. The second-order valence-electron chi connectivity index (χ2n) is 5.15. The summed E-state index contributed by atoms with van der Waals surface area (Å²) in [5, 5.41) is 4.15. The first-order chi connectivity index (χ1) is 10.2. The van der Waals surface area contributed by atoms with Gasteiger partial charge in [0.2, 0.25) is 0 Å². The molecule has 0 spiro atoms. The Balaban J connectivity index is 1.72. The van der Waals surface area contributed by atoms with E-state index in [0.29, 0.717) is 25.3 Å². The fourth-order valence-corrected chi connectivity index (χ4v) is 2.43. The van der Waals surface area contributed by atoms with Crippen LogP contribution in [0.4, 0.5) is 0 Å². The van der Waals surface area contributed by atoms with Gasteiger partial charge < -0.3 is 14.6 Å². The van der Waals surface area contributed by atoms with Crippen molar-refractivity contribution in [3.8, 4) is 0 Å². The van der Waals surface area contributed by atoms with E-state index in [-0.39, 0.29) is 12.0 Å². The van der Waals surface area contributed by atoms with Crippen LogP contribution in [0, 0.1) is 6.92 Å². The lowest BCUT2D eigenvalue weighted by Crippen LogP contribution is -2.42. The minimum atomic E-state index is -0.197. The van der Waals surface area contributed by atoms with E-state index in [4.69, 9.17) is 4.74 Å². The fourth-order valence-electron chi connectivity index (χ4n) is 2.43. The van der Waals surface area contributed by atoms with E-state index in [1.54, 1.807) is 28.2 Å². The number of carbonyl (C=O) groups excluding carboxylic acids is 1. The Morgan fingerprint density at radius 3 is 3.05 bits per heavy atom. The summed E-state index contributed by atoms with van der Waals surface area (Å²) in [5.74, 6) is 0.764. The highest BCUT2D eigenvalue weighted by Crippen LogP contribution is 2.21. The number of H-pyrrole nitrogens is 1. The maximum absolute atomic E-state index is 12.5. The van der Waals surface area contributed by atoms with Crippen LogP contribution in [0.1, 0.15) is 34.9 Å². The molecule has 0 aromatic carbocycles. The van der Waals surface area contributed by atoms with Crippen molar-refractivity contribution >= 4 is 5.91 Å². The smallest absolute Gasteiger partial charge is 0.257 e. The molecule has 112 valence electrons. The third kappa shape index (κ3) is 2.82. The van der Waals surface area contributed by atoms with Gasteiger partial charge in [0.15, 0.2) is 0 Å². The monoisotopic (exact) mass is 289 g/mol. The highest BCUT2D eigenvalue weighted by Gasteiger charge is 2.28. The Morgan fingerprint density at radius 2 is 2.38 bits per heavy atom. The molecule has 0 bridgehead atoms. The van der Waals surface area contributed by atoms with Crippen molar-refractivity contribution in [2.45, 2.75) is 26.5 Å². The molecule has 7 nitrogen and oxygen atoms in total. The number of amides is 1. The van der Waals surface area contributed by atoms with Crippen LogP contribution in [0.3, 0.4) is 0 Å². The van der Waals surface area contributed by atoms with Crippen molar-refractivity contribution in [3.63, 3.8) is 0 Å². The molecule has 1 N–H and O–H groups in total. The van der Waals surface area contributed by atoms with E-state index in [9.17, 15) is 4.79 Å². The molecular formula is C14H19N5O2. The van der Waals surface area contributed by atoms with Crippen LogP contribution >= 0.6 is 0 Å². The lowest BCUT2D eigenvalue weighted by Gasteiger charge is -2.31. The van der Waals surface area contributed by atoms with Gasteiger partial charge in [-0.05, 0) is 13.8 Å². The number of nitrogens with one attached hydrogen (secondary N) is 1. The Bertz CT molecular complexity index is 633. The molecule has 1 atom stereocenters. The Kier molecular flexibility index (Phi) is 3.74. The van der Waals surface area contributed by atoms with Gasteiger partial charge in [0.25, 0.3) is 5.91 Å². The van der Waals surface area contributed by atoms with E-state index in [1.807, 2.05) is 13.8 Å². The predicted octanol–water partition coefficient (Wildman–Crippen LogP) is 1.15. The number of carbonyl (C=O) groups is 1. The molecule has 1 fully saturated rings. The number of nitrogens with zero attached hydrogens (tertiary/aromatic N) is 4. The van der Waals surface area contributed by atoms with Crippen LogP contribution in [-0.4, -0.2) is 50.3 Å². The zero-order valence-corrected chi connectivity index (χ0v) is 12.2. The lowest BCUT2D eigenvalue weighted by atomic mass is 10.2. The molecule has 2 aromatic rings. The number of aromatic nitrogens is 4. The highest BCUT2D eigenvalue weighted by atomic mass is 16.5. The van der Waals surface area contributed by atoms with E-state index in [2.05, 4.69) is 15.1 Å². The fraction of sp³-hybridized carbons (Fsp3) is 0.500. The third-order valence-electron chi connectivity index (χ3n) is 3.59. The SMILES string of the molecule is CCn1cc(C(=O)N2CCO[C@H](c3ncc(C)[nH]3)C2)cn1. The van der Waals surface area contributed by atoms with Gasteiger partial charge in [0.1, 0.15) is 11.9 Å². The third-order valence-corrected chi connectivity index (χ3v) is 3.59. The number of imidazole rings is 1. The van der Waals surface area contributed by atoms with Gasteiger partial charge in [-0.15, -0.1) is 0 Å². The maximum Gasteiger partial charge on any atom is 0.257 e. The molecule has 3 heterocycles. The summed E-state index contributed by atoms with van der Waals surface area (Å²) in [6.07, 6.45) is 4.97. The zero-order valence-electron chi connectivity index (χ0n) is 12.2. The van der Waals surface area contributed by atoms with Crippen molar-refractivity contribution in [1.29, 1.82) is 0 Å². The highest BCUT2D eigenvalue weighted by molar-refractivity contribution is 5.93. The first-order valence-electron chi connectivity index (χ1n) is 7.12. The van der Waals surface area contributed by atoms with Gasteiger partial charge in [-0.25, -0.2) is 4.98 Å². The average Bonchev–Trinajstić information content (AvgIpc) is 3.15. The standard InChI is InChI=1S/C14H19N5O2/c1-3-19-8-11(7-16-19)14(20)18-4-5-21-12(9-18)13-15-6-10(2)17-13/h6-8,12H,3-5,9H2,1-2H3,(H,15,17)/t12-/m0/s1. The van der Waals surface area contributed by atoms with Crippen LogP contribution in [0.15, 0.2) is 18.6 Å². The van der Waals surface area contributed by atoms with Gasteiger partial charge in [0, 0.05) is 31.2 Å². The summed E-state index contributed by atoms with van der Waals surface area (Å²) in [5.41, 5.74) is 1.61. The maximum atomic E-state index is 12.5. The van der Waals surface area contributed by atoms with Gasteiger partial charge in [-0.2, -0.15) is 5.10 Å². The molecule has 0 aliphatic carbocycles. The van der Waals surface area contributed by atoms with Gasteiger partial charge >= 0.3 is 0 Å². The van der Waals surface area contributed by atoms with Gasteiger partial charge in [-0.1, -0.05) is 0 Å². The average molecular weight is 289 g/mol. The van der Waals surface area contributed by atoms with Crippen LogP contribution in [0.25, 0.3) is 0 Å². The van der Waals surface area contributed by atoms with Gasteiger partial charge in [-0.3, -0.25) is 9.48 Å². The second kappa shape index (κ2) is 5.69. The molecule has 2 aromatic heterocycles. The summed E-state index contributed by atoms with van der Waals surface area (Å²) >= 11 is 0. The molecule has 1 aliphatic rings. The van der Waals surface area contributed by atoms with Crippen molar-refractivity contribution in [2.24, 2.45) is 0 Å². The molecule has 1 aliphatic heterocycles. The number of ether oxygens (including phenoxy) is 1. The first-order valence-corrected chi connectivity index (χ1v) is 7.12. The van der Waals surface area contributed by atoms with Crippen molar-refractivity contribution in [3.05, 3.63) is 35.7 Å². The molecule has 0 saturated carbocycles. The predicted molar refractivity (Wildman–Crippen MR) is 75.8 cm³/mol. The number of rotatable bonds is 3. The van der Waals surface area contributed by atoms with E-state index >= 15 is 0 Å². The topological polar surface area (TPSA) is 76.0 Å². The Labute approximate surface area is 122 Å². The molecule has 21 heavy (non-hydrogen) atoms. The molecule has 0 radical (unpaired) electrons. The summed E-state index contributed by atoms with van der Waals surface area (Å²) in [6.45, 7) is 6.30. The Hall–Kier alpha value is -2.15. The number of aryl methyl sites for hydroxylation is 2.